The number of hydrogen-bond acceptors (Lipinski definition) is 8. The standard InChI is InChI=1S/C30H28F2N6O5/c1-4-37-15-21(29(40)38(30(37)41)20-8-6-19(31)7-9-20)23(39)14-18-5-10-24(22(32)13-18)43-25-11-12-33-27-26(25)28(36-35-27)34-17(2)16-42-3/h5-13,15,17H,4,14,16H2,1-3H3,(H2,33,34,35,36)/t17-/m1/s1. The molecule has 0 aliphatic heterocycles. The van der Waals surface area contributed by atoms with Crippen LogP contribution in [0.4, 0.5) is 14.6 Å². The van der Waals surface area contributed by atoms with Crippen LogP contribution in [0.15, 0.2) is 70.5 Å². The summed E-state index contributed by atoms with van der Waals surface area (Å²) in [6.45, 7) is 4.21. The Labute approximate surface area is 243 Å². The summed E-state index contributed by atoms with van der Waals surface area (Å²) in [5.41, 5.74) is -0.929. The molecule has 0 spiro atoms. The Morgan fingerprint density at radius 1 is 1.09 bits per heavy atom. The molecule has 2 aromatic carbocycles. The van der Waals surface area contributed by atoms with Gasteiger partial charge in [-0.2, -0.15) is 5.10 Å². The van der Waals surface area contributed by atoms with E-state index in [2.05, 4.69) is 20.5 Å². The lowest BCUT2D eigenvalue weighted by molar-refractivity contribution is 0.0990. The second-order valence-electron chi connectivity index (χ2n) is 9.80. The highest BCUT2D eigenvalue weighted by molar-refractivity contribution is 5.97. The third-order valence-electron chi connectivity index (χ3n) is 6.69. The van der Waals surface area contributed by atoms with E-state index in [9.17, 15) is 18.8 Å². The Bertz CT molecular complexity index is 1920. The largest absolute Gasteiger partial charge is 0.453 e. The van der Waals surface area contributed by atoms with Crippen LogP contribution < -0.4 is 21.3 Å². The number of carbonyl (C=O) groups is 1. The smallest absolute Gasteiger partial charge is 0.335 e. The van der Waals surface area contributed by atoms with Crippen molar-refractivity contribution in [3.63, 3.8) is 0 Å². The fraction of sp³-hybridized carbons (Fsp3) is 0.233. The number of ketones is 1. The van der Waals surface area contributed by atoms with Gasteiger partial charge in [-0.05, 0) is 55.8 Å². The van der Waals surface area contributed by atoms with E-state index in [1.807, 2.05) is 6.92 Å². The molecule has 0 radical (unpaired) electrons. The summed E-state index contributed by atoms with van der Waals surface area (Å²) < 4.78 is 41.8. The maximum absolute atomic E-state index is 15.2. The highest BCUT2D eigenvalue weighted by Crippen LogP contribution is 2.34. The highest BCUT2D eigenvalue weighted by atomic mass is 19.1. The predicted octanol–water partition coefficient (Wildman–Crippen LogP) is 4.23. The van der Waals surface area contributed by atoms with Crippen LogP contribution in [0.5, 0.6) is 11.5 Å². The fourth-order valence-corrected chi connectivity index (χ4v) is 4.61. The summed E-state index contributed by atoms with van der Waals surface area (Å²) >= 11 is 0. The number of benzene rings is 2. The third-order valence-corrected chi connectivity index (χ3v) is 6.69. The van der Waals surface area contributed by atoms with Gasteiger partial charge >= 0.3 is 5.69 Å². The van der Waals surface area contributed by atoms with Gasteiger partial charge in [0.05, 0.1) is 12.3 Å². The zero-order valence-electron chi connectivity index (χ0n) is 23.6. The minimum Gasteiger partial charge on any atom is -0.453 e. The van der Waals surface area contributed by atoms with Crippen molar-refractivity contribution in [1.82, 2.24) is 24.3 Å². The number of carbonyl (C=O) groups excluding carboxylic acids is 1. The Morgan fingerprint density at radius 3 is 2.56 bits per heavy atom. The molecule has 13 heteroatoms. The molecular weight excluding hydrogens is 562 g/mol. The number of Topliss-reactive ketones (excluding diaryl/α,β-unsaturated/α-hetero) is 1. The monoisotopic (exact) mass is 590 g/mol. The molecule has 5 aromatic rings. The average molecular weight is 591 g/mol. The van der Waals surface area contributed by atoms with Crippen LogP contribution in [-0.2, 0) is 17.7 Å². The Hall–Kier alpha value is -5.17. The van der Waals surface area contributed by atoms with E-state index in [0.29, 0.717) is 29.2 Å². The number of methoxy groups -OCH3 is 1. The molecule has 2 N–H and O–H groups in total. The number of nitrogens with zero attached hydrogens (tertiary/aromatic N) is 4. The molecular formula is C30H28F2N6O5. The number of halogens is 2. The number of aryl methyl sites for hydroxylation is 1. The van der Waals surface area contributed by atoms with Gasteiger partial charge in [0.2, 0.25) is 0 Å². The van der Waals surface area contributed by atoms with Gasteiger partial charge in [-0.25, -0.2) is 23.1 Å². The van der Waals surface area contributed by atoms with Gasteiger partial charge in [-0.15, -0.1) is 0 Å². The van der Waals surface area contributed by atoms with Crippen molar-refractivity contribution in [3.05, 3.63) is 105 Å². The second-order valence-corrected chi connectivity index (χ2v) is 9.80. The maximum Gasteiger partial charge on any atom is 0.335 e. The van der Waals surface area contributed by atoms with Crippen molar-refractivity contribution in [1.29, 1.82) is 0 Å². The molecule has 11 nitrogen and oxygen atoms in total. The summed E-state index contributed by atoms with van der Waals surface area (Å²) in [6, 6.07) is 10.3. The molecule has 5 rings (SSSR count). The first-order valence-corrected chi connectivity index (χ1v) is 13.4. The minimum atomic E-state index is -0.849. The number of fused-ring (bicyclic) bond motifs is 1. The molecule has 0 aliphatic rings. The van der Waals surface area contributed by atoms with Gasteiger partial charge in [-0.3, -0.25) is 19.3 Å². The maximum atomic E-state index is 15.2. The first-order valence-electron chi connectivity index (χ1n) is 13.4. The summed E-state index contributed by atoms with van der Waals surface area (Å²) in [5, 5.41) is 10.8. The quantitative estimate of drug-likeness (QED) is 0.219. The molecule has 3 heterocycles. The van der Waals surface area contributed by atoms with Gasteiger partial charge in [0.1, 0.15) is 22.5 Å². The molecule has 0 fully saturated rings. The number of hydrogen-bond donors (Lipinski definition) is 2. The van der Waals surface area contributed by atoms with Crippen molar-refractivity contribution < 1.29 is 23.0 Å². The van der Waals surface area contributed by atoms with E-state index in [1.54, 1.807) is 20.1 Å². The van der Waals surface area contributed by atoms with Crippen molar-refractivity contribution in [2.45, 2.75) is 32.9 Å². The molecule has 0 unspecified atom stereocenters. The number of nitrogens with one attached hydrogen (secondary N) is 2. The second kappa shape index (κ2) is 12.4. The summed E-state index contributed by atoms with van der Waals surface area (Å²) in [4.78, 5) is 43.6. The summed E-state index contributed by atoms with van der Waals surface area (Å²) in [7, 11) is 1.59. The molecule has 0 saturated carbocycles. The van der Waals surface area contributed by atoms with Crippen molar-refractivity contribution >= 4 is 22.6 Å². The lowest BCUT2D eigenvalue weighted by Crippen LogP contribution is -2.41. The number of ether oxygens (including phenoxy) is 2. The Balaban J connectivity index is 1.41. The van der Waals surface area contributed by atoms with Gasteiger partial charge < -0.3 is 14.8 Å². The number of aromatic amines is 1. The predicted molar refractivity (Wildman–Crippen MR) is 155 cm³/mol. The Kier molecular flexibility index (Phi) is 8.44. The normalized spacial score (nSPS) is 11.9. The van der Waals surface area contributed by atoms with Gasteiger partial charge in [0.15, 0.2) is 28.8 Å². The minimum absolute atomic E-state index is 0.0745. The van der Waals surface area contributed by atoms with Crippen molar-refractivity contribution in [2.75, 3.05) is 19.0 Å². The number of pyridine rings is 1. The summed E-state index contributed by atoms with van der Waals surface area (Å²) in [5.74, 6) is -1.23. The molecule has 3 aromatic heterocycles. The van der Waals surface area contributed by atoms with Crippen molar-refractivity contribution in [3.8, 4) is 17.2 Å². The number of rotatable bonds is 11. The molecule has 1 atom stereocenters. The van der Waals surface area contributed by atoms with Gasteiger partial charge in [0.25, 0.3) is 5.56 Å². The van der Waals surface area contributed by atoms with Crippen LogP contribution in [0, 0.1) is 11.6 Å². The van der Waals surface area contributed by atoms with E-state index in [4.69, 9.17) is 9.47 Å². The molecule has 222 valence electrons. The zero-order valence-corrected chi connectivity index (χ0v) is 23.6. The topological polar surface area (TPSA) is 133 Å². The average Bonchev–Trinajstić information content (AvgIpc) is 3.39. The molecule has 0 aliphatic carbocycles. The summed E-state index contributed by atoms with van der Waals surface area (Å²) in [6.07, 6.45) is 2.38. The van der Waals surface area contributed by atoms with Crippen LogP contribution in [-0.4, -0.2) is 49.9 Å². The molecule has 0 saturated heterocycles. The number of H-pyrrole nitrogens is 1. The first-order chi connectivity index (χ1) is 20.7. The lowest BCUT2D eigenvalue weighted by atomic mass is 10.0. The van der Waals surface area contributed by atoms with Crippen LogP contribution in [0.1, 0.15) is 29.8 Å². The molecule has 0 amide bonds. The highest BCUT2D eigenvalue weighted by Gasteiger charge is 2.20. The zero-order chi connectivity index (χ0) is 30.7. The molecule has 0 bridgehead atoms. The fourth-order valence-electron chi connectivity index (χ4n) is 4.61. The van der Waals surface area contributed by atoms with Gasteiger partial charge in [-0.1, -0.05) is 6.07 Å². The van der Waals surface area contributed by atoms with E-state index in [0.717, 1.165) is 22.8 Å². The van der Waals surface area contributed by atoms with Crippen LogP contribution in [0.25, 0.3) is 16.7 Å². The molecule has 43 heavy (non-hydrogen) atoms. The number of anilines is 1. The van der Waals surface area contributed by atoms with E-state index in [-0.39, 0.29) is 41.6 Å². The first kappa shape index (κ1) is 29.3. The van der Waals surface area contributed by atoms with Gasteiger partial charge in [0, 0.05) is 44.6 Å². The third kappa shape index (κ3) is 6.06. The Morgan fingerprint density at radius 2 is 1.86 bits per heavy atom. The van der Waals surface area contributed by atoms with E-state index < -0.39 is 28.7 Å². The van der Waals surface area contributed by atoms with E-state index >= 15 is 4.39 Å². The van der Waals surface area contributed by atoms with Crippen LogP contribution in [0.2, 0.25) is 0 Å². The van der Waals surface area contributed by atoms with Crippen molar-refractivity contribution in [2.24, 2.45) is 0 Å². The van der Waals surface area contributed by atoms with Crippen LogP contribution >= 0.6 is 0 Å². The SMILES string of the molecule is CCn1cc(C(=O)Cc2ccc(Oc3ccnc4[nH]nc(N[C@H](C)COC)c34)c(F)c2)c(=O)n(-c2ccc(F)cc2)c1=O. The number of aromatic nitrogens is 5. The van der Waals surface area contributed by atoms with E-state index in [1.165, 1.54) is 41.2 Å². The lowest BCUT2D eigenvalue weighted by Gasteiger charge is -2.14. The van der Waals surface area contributed by atoms with Crippen LogP contribution in [0.3, 0.4) is 0 Å².